The lowest BCUT2D eigenvalue weighted by Gasteiger charge is -2.15. The van der Waals surface area contributed by atoms with Crippen LogP contribution < -0.4 is 10.6 Å². The first-order valence-electron chi connectivity index (χ1n) is 10.0. The summed E-state index contributed by atoms with van der Waals surface area (Å²) < 4.78 is 10.8. The maximum Gasteiger partial charge on any atom is 0.412 e. The molecule has 0 aliphatic rings. The van der Waals surface area contributed by atoms with Gasteiger partial charge in [-0.25, -0.2) is 4.79 Å². The Bertz CT molecular complexity index is 1160. The maximum absolute atomic E-state index is 12.5. The molecule has 0 radical (unpaired) electrons. The van der Waals surface area contributed by atoms with Crippen molar-refractivity contribution in [2.24, 2.45) is 0 Å². The minimum Gasteiger partial charge on any atom is -0.481 e. The number of hydrogen-bond donors (Lipinski definition) is 3. The molecule has 0 aliphatic heterocycles. The molecule has 33 heavy (non-hydrogen) atoms. The van der Waals surface area contributed by atoms with E-state index in [1.807, 2.05) is 0 Å². The van der Waals surface area contributed by atoms with Crippen LogP contribution in [0, 0.1) is 6.92 Å². The zero-order chi connectivity index (χ0) is 24.0. The van der Waals surface area contributed by atoms with Crippen LogP contribution in [0.1, 0.15) is 37.1 Å². The minimum atomic E-state index is -1.04. The Balaban J connectivity index is 1.68. The van der Waals surface area contributed by atoms with Gasteiger partial charge in [0.15, 0.2) is 5.76 Å². The van der Waals surface area contributed by atoms with Gasteiger partial charge in [0, 0.05) is 28.3 Å². The van der Waals surface area contributed by atoms with E-state index in [1.165, 1.54) is 0 Å². The van der Waals surface area contributed by atoms with E-state index < -0.39 is 24.1 Å². The van der Waals surface area contributed by atoms with Crippen molar-refractivity contribution in [3.8, 4) is 11.3 Å². The van der Waals surface area contributed by atoms with Crippen LogP contribution in [0.3, 0.4) is 0 Å². The van der Waals surface area contributed by atoms with Gasteiger partial charge in [0.05, 0.1) is 6.42 Å². The smallest absolute Gasteiger partial charge is 0.412 e. The molecule has 172 valence electrons. The lowest BCUT2D eigenvalue weighted by atomic mass is 10.1. The number of hydrogen-bond acceptors (Lipinski definition) is 6. The molecule has 2 aromatic carbocycles. The van der Waals surface area contributed by atoms with E-state index in [2.05, 4.69) is 15.8 Å². The number of carboxylic acid groups (broad SMARTS) is 1. The van der Waals surface area contributed by atoms with Gasteiger partial charge in [0.2, 0.25) is 5.91 Å². The number of nitrogens with zero attached hydrogens (tertiary/aromatic N) is 1. The van der Waals surface area contributed by atoms with E-state index in [-0.39, 0.29) is 12.8 Å². The lowest BCUT2D eigenvalue weighted by Crippen LogP contribution is -2.17. The van der Waals surface area contributed by atoms with E-state index in [4.69, 9.17) is 26.0 Å². The van der Waals surface area contributed by atoms with Gasteiger partial charge in [-0.3, -0.25) is 14.9 Å². The predicted molar refractivity (Wildman–Crippen MR) is 122 cm³/mol. The van der Waals surface area contributed by atoms with Gasteiger partial charge in [-0.05, 0) is 44.2 Å². The summed E-state index contributed by atoms with van der Waals surface area (Å²) in [4.78, 5) is 34.9. The zero-order valence-electron chi connectivity index (χ0n) is 17.9. The molecule has 9 nitrogen and oxygen atoms in total. The number of aliphatic carboxylic acids is 1. The lowest BCUT2D eigenvalue weighted by molar-refractivity contribution is -0.138. The fourth-order valence-electron chi connectivity index (χ4n) is 3.02. The van der Waals surface area contributed by atoms with Crippen LogP contribution >= 0.6 is 11.6 Å². The van der Waals surface area contributed by atoms with Gasteiger partial charge >= 0.3 is 12.1 Å². The normalized spacial score (nSPS) is 11.5. The van der Waals surface area contributed by atoms with Gasteiger partial charge in [0.25, 0.3) is 0 Å². The average Bonchev–Trinajstić information content (AvgIpc) is 3.13. The molecule has 0 fully saturated rings. The molecule has 2 amide bonds. The molecule has 0 saturated heterocycles. The number of aryl methyl sites for hydroxylation is 1. The van der Waals surface area contributed by atoms with Crippen molar-refractivity contribution < 1.29 is 28.8 Å². The highest BCUT2D eigenvalue weighted by atomic mass is 35.5. The number of halogens is 1. The van der Waals surface area contributed by atoms with E-state index in [9.17, 15) is 14.4 Å². The molecule has 0 saturated carbocycles. The highest BCUT2D eigenvalue weighted by Crippen LogP contribution is 2.32. The van der Waals surface area contributed by atoms with Gasteiger partial charge < -0.3 is 19.7 Å². The maximum atomic E-state index is 12.5. The van der Waals surface area contributed by atoms with Gasteiger partial charge in [-0.2, -0.15) is 0 Å². The van der Waals surface area contributed by atoms with Crippen LogP contribution in [0.2, 0.25) is 5.02 Å². The average molecular weight is 472 g/mol. The number of carbonyl (C=O) groups excluding carboxylic acids is 2. The molecule has 0 aliphatic carbocycles. The van der Waals surface area contributed by atoms with Crippen molar-refractivity contribution in [3.63, 3.8) is 0 Å². The molecule has 0 spiro atoms. The summed E-state index contributed by atoms with van der Waals surface area (Å²) in [7, 11) is 0. The Hall–Kier alpha value is -3.85. The van der Waals surface area contributed by atoms with Crippen molar-refractivity contribution in [3.05, 3.63) is 64.8 Å². The summed E-state index contributed by atoms with van der Waals surface area (Å²) in [5, 5.41) is 18.4. The predicted octanol–water partition coefficient (Wildman–Crippen LogP) is 5.42. The molecule has 0 bridgehead atoms. The summed E-state index contributed by atoms with van der Waals surface area (Å²) >= 11 is 6.16. The molecule has 1 atom stereocenters. The van der Waals surface area contributed by atoms with E-state index in [0.29, 0.717) is 39.0 Å². The summed E-state index contributed by atoms with van der Waals surface area (Å²) in [6.45, 7) is 3.39. The zero-order valence-corrected chi connectivity index (χ0v) is 18.7. The fraction of sp³-hybridized carbons (Fsp3) is 0.217. The molecular formula is C23H22ClN3O6. The summed E-state index contributed by atoms with van der Waals surface area (Å²) in [5.41, 5.74) is 2.59. The quantitative estimate of drug-likeness (QED) is 0.400. The van der Waals surface area contributed by atoms with E-state index in [0.717, 1.165) is 0 Å². The molecular weight excluding hydrogens is 450 g/mol. The summed E-state index contributed by atoms with van der Waals surface area (Å²) in [6, 6.07) is 13.7. The first-order valence-corrected chi connectivity index (χ1v) is 10.4. The molecule has 3 aromatic rings. The van der Waals surface area contributed by atoms with Crippen LogP contribution in [0.5, 0.6) is 0 Å². The monoisotopic (exact) mass is 471 g/mol. The minimum absolute atomic E-state index is 0.124. The van der Waals surface area contributed by atoms with Crippen LogP contribution in [0.4, 0.5) is 16.2 Å². The van der Waals surface area contributed by atoms with Gasteiger partial charge in [0.1, 0.15) is 17.5 Å². The van der Waals surface area contributed by atoms with Crippen molar-refractivity contribution in [2.75, 3.05) is 10.6 Å². The third kappa shape index (κ3) is 6.33. The van der Waals surface area contributed by atoms with Crippen LogP contribution in [0.15, 0.2) is 53.1 Å². The number of benzene rings is 2. The van der Waals surface area contributed by atoms with E-state index in [1.54, 1.807) is 62.4 Å². The number of nitrogens with one attached hydrogen (secondary N) is 2. The molecule has 3 N–H and O–H groups in total. The topological polar surface area (TPSA) is 131 Å². The van der Waals surface area contributed by atoms with Crippen LogP contribution in [-0.2, 0) is 14.3 Å². The molecule has 10 heteroatoms. The number of carboxylic acids is 1. The highest BCUT2D eigenvalue weighted by molar-refractivity contribution is 6.31. The Kier molecular flexibility index (Phi) is 7.68. The number of rotatable bonds is 8. The number of carbonyl (C=O) groups is 3. The van der Waals surface area contributed by atoms with Crippen molar-refractivity contribution in [2.45, 2.75) is 32.8 Å². The first kappa shape index (κ1) is 23.8. The molecule has 1 unspecified atom stereocenters. The first-order chi connectivity index (χ1) is 15.7. The second-order valence-corrected chi connectivity index (χ2v) is 7.59. The van der Waals surface area contributed by atoms with Gasteiger partial charge in [-0.1, -0.05) is 35.0 Å². The largest absolute Gasteiger partial charge is 0.481 e. The SMILES string of the molecule is Cc1noc(-c2ccc(NC(=O)CCC(=O)O)cc2)c1NC(=O)OC(C)c1ccccc1Cl. The van der Waals surface area contributed by atoms with Crippen LogP contribution in [0.25, 0.3) is 11.3 Å². The van der Waals surface area contributed by atoms with Crippen molar-refractivity contribution in [1.29, 1.82) is 0 Å². The molecule has 3 rings (SSSR count). The second-order valence-electron chi connectivity index (χ2n) is 7.19. The third-order valence-electron chi connectivity index (χ3n) is 4.71. The Morgan fingerprint density at radius 1 is 1.09 bits per heavy atom. The fourth-order valence-corrected chi connectivity index (χ4v) is 3.31. The van der Waals surface area contributed by atoms with Gasteiger partial charge in [-0.15, -0.1) is 0 Å². The molecule has 1 aromatic heterocycles. The number of amides is 2. The van der Waals surface area contributed by atoms with Crippen molar-refractivity contribution >= 4 is 40.9 Å². The van der Waals surface area contributed by atoms with E-state index >= 15 is 0 Å². The second kappa shape index (κ2) is 10.6. The number of anilines is 2. The number of ether oxygens (including phenoxy) is 1. The standard InChI is InChI=1S/C23H22ClN3O6/c1-13-21(26-23(31)32-14(2)17-5-3-4-6-18(17)24)22(33-27-13)15-7-9-16(10-8-15)25-19(28)11-12-20(29)30/h3-10,14H,11-12H2,1-2H3,(H,25,28)(H,26,31)(H,29,30). The Labute approximate surface area is 194 Å². The summed E-state index contributed by atoms with van der Waals surface area (Å²) in [6.07, 6.45) is -1.65. The number of aromatic nitrogens is 1. The Morgan fingerprint density at radius 3 is 2.45 bits per heavy atom. The highest BCUT2D eigenvalue weighted by Gasteiger charge is 2.20. The van der Waals surface area contributed by atoms with Crippen molar-refractivity contribution in [1.82, 2.24) is 5.16 Å². The Morgan fingerprint density at radius 2 is 1.79 bits per heavy atom. The van der Waals surface area contributed by atoms with Crippen LogP contribution in [-0.4, -0.2) is 28.2 Å². The third-order valence-corrected chi connectivity index (χ3v) is 5.06. The molecule has 1 heterocycles. The summed E-state index contributed by atoms with van der Waals surface area (Å²) in [5.74, 6) is -1.13.